The highest BCUT2D eigenvalue weighted by molar-refractivity contribution is 5.14. The van der Waals surface area contributed by atoms with Crippen molar-refractivity contribution >= 4 is 0 Å². The minimum Gasteiger partial charge on any atom is -0.361 e. The van der Waals surface area contributed by atoms with Gasteiger partial charge >= 0.3 is 0 Å². The Hall–Kier alpha value is -0.970. The molecule has 0 unspecified atom stereocenters. The molecule has 0 spiro atoms. The lowest BCUT2D eigenvalue weighted by Gasteiger charge is -2.34. The van der Waals surface area contributed by atoms with Gasteiger partial charge in [0.2, 0.25) is 0 Å². The summed E-state index contributed by atoms with van der Waals surface area (Å²) in [5.74, 6) is -0.196. The van der Waals surface area contributed by atoms with Crippen LogP contribution in [0.15, 0.2) is 24.3 Å². The first kappa shape index (κ1) is 16.4. The molecule has 1 fully saturated rings. The third kappa shape index (κ3) is 6.12. The Morgan fingerprint density at radius 2 is 1.67 bits per heavy atom. The van der Waals surface area contributed by atoms with E-state index in [-0.39, 0.29) is 5.82 Å². The van der Waals surface area contributed by atoms with Crippen LogP contribution in [-0.2, 0) is 11.3 Å². The van der Waals surface area contributed by atoms with Crippen LogP contribution in [0.3, 0.4) is 0 Å². The summed E-state index contributed by atoms with van der Waals surface area (Å²) in [5.41, 5.74) is 1.02. The van der Waals surface area contributed by atoms with Gasteiger partial charge < -0.3 is 9.64 Å². The van der Waals surface area contributed by atoms with Crippen LogP contribution >= 0.6 is 0 Å². The van der Waals surface area contributed by atoms with Crippen LogP contribution in [-0.4, -0.2) is 49.3 Å². The molecule has 0 saturated carbocycles. The average molecular weight is 294 g/mol. The van der Waals surface area contributed by atoms with Crippen molar-refractivity contribution in [1.29, 1.82) is 0 Å². The van der Waals surface area contributed by atoms with Crippen molar-refractivity contribution in [2.45, 2.75) is 32.8 Å². The Kier molecular flexibility index (Phi) is 7.13. The van der Waals surface area contributed by atoms with Gasteiger partial charge in [0.15, 0.2) is 0 Å². The molecule has 1 aromatic rings. The number of rotatable bonds is 8. The molecule has 0 N–H and O–H groups in total. The number of ether oxygens (including phenoxy) is 1. The van der Waals surface area contributed by atoms with Crippen molar-refractivity contribution < 1.29 is 9.13 Å². The summed E-state index contributed by atoms with van der Waals surface area (Å²) in [7, 11) is 0. The van der Waals surface area contributed by atoms with Crippen LogP contribution in [0.1, 0.15) is 31.7 Å². The molecule has 0 atom stereocenters. The van der Waals surface area contributed by atoms with Crippen molar-refractivity contribution in [3.05, 3.63) is 35.6 Å². The minimum absolute atomic E-state index is 0.196. The molecule has 4 heteroatoms. The molecule has 0 aromatic heterocycles. The predicted octanol–water partition coefficient (Wildman–Crippen LogP) is 3.11. The van der Waals surface area contributed by atoms with Gasteiger partial charge in [-0.25, -0.2) is 4.39 Å². The van der Waals surface area contributed by atoms with Crippen molar-refractivity contribution in [2.24, 2.45) is 0 Å². The molecule has 1 saturated heterocycles. The molecule has 0 bridgehead atoms. The molecular formula is C17H27FN2O. The lowest BCUT2D eigenvalue weighted by molar-refractivity contribution is -0.00574. The van der Waals surface area contributed by atoms with Crippen molar-refractivity contribution in [1.82, 2.24) is 9.80 Å². The van der Waals surface area contributed by atoms with Gasteiger partial charge in [-0.15, -0.1) is 0 Å². The Morgan fingerprint density at radius 1 is 1.00 bits per heavy atom. The van der Waals surface area contributed by atoms with Gasteiger partial charge in [0.1, 0.15) is 5.82 Å². The maximum absolute atomic E-state index is 12.8. The molecular weight excluding hydrogens is 267 g/mol. The van der Waals surface area contributed by atoms with Gasteiger partial charge in [-0.1, -0.05) is 31.9 Å². The largest absolute Gasteiger partial charge is 0.361 e. The highest BCUT2D eigenvalue weighted by Crippen LogP contribution is 2.07. The van der Waals surface area contributed by atoms with E-state index in [1.807, 2.05) is 0 Å². The quantitative estimate of drug-likeness (QED) is 0.685. The standard InChI is InChI=1S/C17H27FN2O/c1-2-3-4-9-19-10-12-20(13-11-19)15-21-14-16-5-7-17(18)8-6-16/h5-8H,2-4,9-15H2,1H3. The van der Waals surface area contributed by atoms with Crippen LogP contribution in [0.4, 0.5) is 4.39 Å². The van der Waals surface area contributed by atoms with Crippen LogP contribution in [0.2, 0.25) is 0 Å². The lowest BCUT2D eigenvalue weighted by atomic mass is 10.2. The van der Waals surface area contributed by atoms with Gasteiger partial charge in [0, 0.05) is 26.2 Å². The number of halogens is 1. The Bertz CT molecular complexity index is 388. The zero-order valence-corrected chi connectivity index (χ0v) is 13.1. The molecule has 1 aromatic carbocycles. The SMILES string of the molecule is CCCCCN1CCN(COCc2ccc(F)cc2)CC1. The molecule has 1 aliphatic heterocycles. The van der Waals surface area contributed by atoms with E-state index in [0.29, 0.717) is 13.3 Å². The maximum Gasteiger partial charge on any atom is 0.123 e. The summed E-state index contributed by atoms with van der Waals surface area (Å²) in [5, 5.41) is 0. The summed E-state index contributed by atoms with van der Waals surface area (Å²) in [6.07, 6.45) is 3.94. The Balaban J connectivity index is 1.57. The zero-order chi connectivity index (χ0) is 14.9. The van der Waals surface area contributed by atoms with Crippen molar-refractivity contribution in [3.63, 3.8) is 0 Å². The van der Waals surface area contributed by atoms with Gasteiger partial charge in [-0.3, -0.25) is 4.90 Å². The Labute approximate surface area is 127 Å². The first-order valence-corrected chi connectivity index (χ1v) is 8.05. The second-order valence-electron chi connectivity index (χ2n) is 5.77. The zero-order valence-electron chi connectivity index (χ0n) is 13.1. The normalized spacial score (nSPS) is 17.2. The van der Waals surface area contributed by atoms with Crippen LogP contribution < -0.4 is 0 Å². The van der Waals surface area contributed by atoms with Crippen molar-refractivity contribution in [3.8, 4) is 0 Å². The Morgan fingerprint density at radius 3 is 2.33 bits per heavy atom. The monoisotopic (exact) mass is 294 g/mol. The lowest BCUT2D eigenvalue weighted by Crippen LogP contribution is -2.47. The first-order valence-electron chi connectivity index (χ1n) is 8.05. The van der Waals surface area contributed by atoms with Gasteiger partial charge in [-0.2, -0.15) is 0 Å². The topological polar surface area (TPSA) is 15.7 Å². The second-order valence-corrected chi connectivity index (χ2v) is 5.77. The second kappa shape index (κ2) is 9.13. The molecule has 3 nitrogen and oxygen atoms in total. The van der Waals surface area contributed by atoms with Crippen LogP contribution in [0.25, 0.3) is 0 Å². The average Bonchev–Trinajstić information content (AvgIpc) is 2.51. The number of hydrogen-bond donors (Lipinski definition) is 0. The number of hydrogen-bond acceptors (Lipinski definition) is 3. The predicted molar refractivity (Wildman–Crippen MR) is 83.6 cm³/mol. The summed E-state index contributed by atoms with van der Waals surface area (Å²) in [6, 6.07) is 6.52. The molecule has 0 radical (unpaired) electrons. The molecule has 2 rings (SSSR count). The summed E-state index contributed by atoms with van der Waals surface area (Å²) < 4.78 is 18.5. The third-order valence-electron chi connectivity index (χ3n) is 4.00. The highest BCUT2D eigenvalue weighted by Gasteiger charge is 2.15. The molecule has 21 heavy (non-hydrogen) atoms. The molecule has 118 valence electrons. The van der Waals surface area contributed by atoms with E-state index in [1.54, 1.807) is 12.1 Å². The van der Waals surface area contributed by atoms with Gasteiger partial charge in [0.25, 0.3) is 0 Å². The van der Waals surface area contributed by atoms with Crippen molar-refractivity contribution in [2.75, 3.05) is 39.5 Å². The first-order chi connectivity index (χ1) is 10.3. The van der Waals surface area contributed by atoms with Gasteiger partial charge in [0.05, 0.1) is 13.3 Å². The smallest absolute Gasteiger partial charge is 0.123 e. The highest BCUT2D eigenvalue weighted by atomic mass is 19.1. The molecule has 0 aliphatic carbocycles. The minimum atomic E-state index is -0.196. The fourth-order valence-corrected chi connectivity index (χ4v) is 2.60. The number of benzene rings is 1. The fraction of sp³-hybridized carbons (Fsp3) is 0.647. The van der Waals surface area contributed by atoms with E-state index in [2.05, 4.69) is 16.7 Å². The van der Waals surface area contributed by atoms with E-state index in [0.717, 1.165) is 31.7 Å². The summed E-state index contributed by atoms with van der Waals surface area (Å²) in [6.45, 7) is 9.14. The number of unbranched alkanes of at least 4 members (excludes halogenated alkanes) is 2. The van der Waals surface area contributed by atoms with E-state index >= 15 is 0 Å². The maximum atomic E-state index is 12.8. The molecule has 1 heterocycles. The van der Waals surface area contributed by atoms with E-state index < -0.39 is 0 Å². The fourth-order valence-electron chi connectivity index (χ4n) is 2.60. The van der Waals surface area contributed by atoms with Crippen LogP contribution in [0.5, 0.6) is 0 Å². The number of nitrogens with zero attached hydrogens (tertiary/aromatic N) is 2. The van der Waals surface area contributed by atoms with E-state index in [4.69, 9.17) is 4.74 Å². The van der Waals surface area contributed by atoms with Gasteiger partial charge in [-0.05, 0) is 30.7 Å². The van der Waals surface area contributed by atoms with E-state index in [9.17, 15) is 4.39 Å². The molecule has 1 aliphatic rings. The summed E-state index contributed by atoms with van der Waals surface area (Å²) in [4.78, 5) is 4.89. The molecule has 0 amide bonds. The third-order valence-corrected chi connectivity index (χ3v) is 4.00. The van der Waals surface area contributed by atoms with E-state index in [1.165, 1.54) is 37.9 Å². The summed E-state index contributed by atoms with van der Waals surface area (Å²) >= 11 is 0. The number of piperazine rings is 1. The van der Waals surface area contributed by atoms with Crippen LogP contribution in [0, 0.1) is 5.82 Å².